The Morgan fingerprint density at radius 1 is 0.750 bits per heavy atom. The van der Waals surface area contributed by atoms with Gasteiger partial charge in [-0.1, -0.05) is 12.1 Å². The molecule has 0 saturated carbocycles. The van der Waals surface area contributed by atoms with Gasteiger partial charge in [0, 0.05) is 0 Å². The van der Waals surface area contributed by atoms with E-state index in [1.54, 1.807) is 0 Å². The lowest BCUT2D eigenvalue weighted by molar-refractivity contribution is 0.0651. The molecule has 1 aromatic carbocycles. The summed E-state index contributed by atoms with van der Waals surface area (Å²) in [5, 5.41) is 17.1. The quantitative estimate of drug-likeness (QED) is 0.855. The molecule has 0 saturated heterocycles. The number of hydrogen-bond acceptors (Lipinski definition) is 4. The molecule has 6 nitrogen and oxygen atoms in total. The summed E-state index contributed by atoms with van der Waals surface area (Å²) in [6, 6.07) is 5.48. The number of rotatable bonds is 2. The molecule has 0 unspecified atom stereocenters. The van der Waals surface area contributed by atoms with Gasteiger partial charge in [0.05, 0.1) is 11.1 Å². The SMILES string of the molecule is CN(C)C.CN(C)C.O=C(O)c1ccccc1C(=O)O. The summed E-state index contributed by atoms with van der Waals surface area (Å²) in [7, 11) is 12.0. The Labute approximate surface area is 120 Å². The standard InChI is InChI=1S/C8H6O4.2C3H9N/c9-7(10)5-3-1-2-4-6(5)8(11)12;2*1-4(2)3/h1-4H,(H,9,10)(H,11,12);2*1-3H3. The third kappa shape index (κ3) is 12.5. The second-order valence-electron chi connectivity index (χ2n) is 4.84. The van der Waals surface area contributed by atoms with Gasteiger partial charge in [0.15, 0.2) is 0 Å². The average molecular weight is 284 g/mol. The van der Waals surface area contributed by atoms with Gasteiger partial charge in [0.1, 0.15) is 0 Å². The van der Waals surface area contributed by atoms with Gasteiger partial charge in [-0.15, -0.1) is 0 Å². The molecule has 20 heavy (non-hydrogen) atoms. The molecule has 0 spiro atoms. The van der Waals surface area contributed by atoms with Gasteiger partial charge in [0.2, 0.25) is 0 Å². The van der Waals surface area contributed by atoms with Crippen molar-refractivity contribution in [2.75, 3.05) is 42.3 Å². The minimum atomic E-state index is -1.23. The van der Waals surface area contributed by atoms with E-state index in [1.807, 2.05) is 52.1 Å². The van der Waals surface area contributed by atoms with Gasteiger partial charge < -0.3 is 20.0 Å². The van der Waals surface area contributed by atoms with Gasteiger partial charge >= 0.3 is 11.9 Å². The van der Waals surface area contributed by atoms with Crippen LogP contribution in [0.1, 0.15) is 20.7 Å². The van der Waals surface area contributed by atoms with Crippen LogP contribution in [0.4, 0.5) is 0 Å². The second kappa shape index (κ2) is 11.0. The number of carboxylic acids is 2. The zero-order chi connectivity index (χ0) is 16.3. The van der Waals surface area contributed by atoms with E-state index in [0.29, 0.717) is 0 Å². The van der Waals surface area contributed by atoms with Gasteiger partial charge in [-0.25, -0.2) is 9.59 Å². The van der Waals surface area contributed by atoms with Crippen molar-refractivity contribution in [3.05, 3.63) is 35.4 Å². The van der Waals surface area contributed by atoms with E-state index < -0.39 is 11.9 Å². The second-order valence-corrected chi connectivity index (χ2v) is 4.84. The fourth-order valence-electron chi connectivity index (χ4n) is 0.856. The maximum absolute atomic E-state index is 10.5. The number of carbonyl (C=O) groups is 2. The molecule has 2 N–H and O–H groups in total. The van der Waals surface area contributed by atoms with Crippen LogP contribution in [-0.2, 0) is 0 Å². The summed E-state index contributed by atoms with van der Waals surface area (Å²) in [4.78, 5) is 24.9. The zero-order valence-corrected chi connectivity index (χ0v) is 12.9. The zero-order valence-electron chi connectivity index (χ0n) is 12.9. The van der Waals surface area contributed by atoms with E-state index in [1.165, 1.54) is 24.3 Å². The summed E-state index contributed by atoms with van der Waals surface area (Å²) in [5.74, 6) is -2.46. The molecule has 0 fully saturated rings. The van der Waals surface area contributed by atoms with Crippen molar-refractivity contribution in [2.45, 2.75) is 0 Å². The van der Waals surface area contributed by atoms with Crippen LogP contribution in [0.25, 0.3) is 0 Å². The first-order chi connectivity index (χ1) is 9.09. The van der Waals surface area contributed by atoms with E-state index in [4.69, 9.17) is 10.2 Å². The number of nitrogens with zero attached hydrogens (tertiary/aromatic N) is 2. The Bertz CT molecular complexity index is 373. The largest absolute Gasteiger partial charge is 0.478 e. The Morgan fingerprint density at radius 2 is 0.950 bits per heavy atom. The minimum absolute atomic E-state index is 0.190. The molecule has 1 rings (SSSR count). The lowest BCUT2D eigenvalue weighted by atomic mass is 10.1. The third-order valence-electron chi connectivity index (χ3n) is 1.39. The molecule has 0 radical (unpaired) electrons. The first-order valence-corrected chi connectivity index (χ1v) is 5.87. The molecule has 0 aliphatic carbocycles. The summed E-state index contributed by atoms with van der Waals surface area (Å²) < 4.78 is 0. The first-order valence-electron chi connectivity index (χ1n) is 5.87. The maximum atomic E-state index is 10.5. The van der Waals surface area contributed by atoms with E-state index in [9.17, 15) is 9.59 Å². The highest BCUT2D eigenvalue weighted by Gasteiger charge is 2.13. The Kier molecular flexibility index (Phi) is 11.2. The van der Waals surface area contributed by atoms with Crippen molar-refractivity contribution >= 4 is 11.9 Å². The van der Waals surface area contributed by atoms with Crippen LogP contribution in [0.3, 0.4) is 0 Å². The van der Waals surface area contributed by atoms with E-state index in [-0.39, 0.29) is 11.1 Å². The van der Waals surface area contributed by atoms with E-state index in [2.05, 4.69) is 0 Å². The summed E-state index contributed by atoms with van der Waals surface area (Å²) in [6.45, 7) is 0. The van der Waals surface area contributed by atoms with Crippen LogP contribution >= 0.6 is 0 Å². The number of aromatic carboxylic acids is 2. The van der Waals surface area contributed by atoms with E-state index >= 15 is 0 Å². The van der Waals surface area contributed by atoms with E-state index in [0.717, 1.165) is 0 Å². The van der Waals surface area contributed by atoms with Gasteiger partial charge in [0.25, 0.3) is 0 Å². The number of carboxylic acid groups (broad SMARTS) is 2. The fourth-order valence-corrected chi connectivity index (χ4v) is 0.856. The predicted octanol–water partition coefficient (Wildman–Crippen LogP) is 1.44. The molecular weight excluding hydrogens is 260 g/mol. The fraction of sp³-hybridized carbons (Fsp3) is 0.429. The molecule has 0 aliphatic rings. The molecule has 6 heteroatoms. The summed E-state index contributed by atoms with van der Waals surface area (Å²) in [5.41, 5.74) is -0.380. The van der Waals surface area contributed by atoms with Crippen LogP contribution in [0, 0.1) is 0 Å². The molecule has 0 amide bonds. The highest BCUT2D eigenvalue weighted by molar-refractivity contribution is 6.01. The molecular formula is C14H24N2O4. The Morgan fingerprint density at radius 3 is 1.10 bits per heavy atom. The average Bonchev–Trinajstić information content (AvgIpc) is 2.27. The normalized spacial score (nSPS) is 9.20. The van der Waals surface area contributed by atoms with Gasteiger partial charge in [-0.3, -0.25) is 0 Å². The molecule has 0 aromatic heterocycles. The van der Waals surface area contributed by atoms with Crippen molar-refractivity contribution in [3.8, 4) is 0 Å². The Balaban J connectivity index is 0. The number of hydrogen-bond donors (Lipinski definition) is 2. The van der Waals surface area contributed by atoms with Crippen molar-refractivity contribution in [2.24, 2.45) is 0 Å². The first kappa shape index (κ1) is 20.4. The van der Waals surface area contributed by atoms with Crippen molar-refractivity contribution in [1.82, 2.24) is 9.80 Å². The maximum Gasteiger partial charge on any atom is 0.336 e. The minimum Gasteiger partial charge on any atom is -0.478 e. The highest BCUT2D eigenvalue weighted by Crippen LogP contribution is 2.07. The van der Waals surface area contributed by atoms with Crippen molar-refractivity contribution in [3.63, 3.8) is 0 Å². The van der Waals surface area contributed by atoms with Crippen molar-refractivity contribution < 1.29 is 19.8 Å². The third-order valence-corrected chi connectivity index (χ3v) is 1.39. The predicted molar refractivity (Wildman–Crippen MR) is 79.6 cm³/mol. The van der Waals surface area contributed by atoms with Crippen LogP contribution in [-0.4, -0.2) is 74.2 Å². The summed E-state index contributed by atoms with van der Waals surface area (Å²) >= 11 is 0. The van der Waals surface area contributed by atoms with Gasteiger partial charge in [-0.05, 0) is 54.4 Å². The molecule has 114 valence electrons. The smallest absolute Gasteiger partial charge is 0.336 e. The van der Waals surface area contributed by atoms with Crippen LogP contribution in [0.5, 0.6) is 0 Å². The number of benzene rings is 1. The van der Waals surface area contributed by atoms with Crippen LogP contribution in [0.2, 0.25) is 0 Å². The highest BCUT2D eigenvalue weighted by atomic mass is 16.4. The topological polar surface area (TPSA) is 81.1 Å². The molecule has 0 atom stereocenters. The lowest BCUT2D eigenvalue weighted by Gasteiger charge is -1.98. The molecule has 1 aromatic rings. The monoisotopic (exact) mass is 284 g/mol. The lowest BCUT2D eigenvalue weighted by Crippen LogP contribution is -2.06. The van der Waals surface area contributed by atoms with Crippen LogP contribution < -0.4 is 0 Å². The van der Waals surface area contributed by atoms with Crippen molar-refractivity contribution in [1.29, 1.82) is 0 Å². The van der Waals surface area contributed by atoms with Gasteiger partial charge in [-0.2, -0.15) is 0 Å². The molecule has 0 aliphatic heterocycles. The molecule has 0 bridgehead atoms. The Hall–Kier alpha value is -1.92. The molecule has 0 heterocycles. The van der Waals surface area contributed by atoms with Crippen LogP contribution in [0.15, 0.2) is 24.3 Å². The summed E-state index contributed by atoms with van der Waals surface area (Å²) in [6.07, 6.45) is 0.